The van der Waals surface area contributed by atoms with E-state index in [0.717, 1.165) is 5.56 Å². The highest BCUT2D eigenvalue weighted by Gasteiger charge is 2.41. The number of hydrogen-bond acceptors (Lipinski definition) is 5. The van der Waals surface area contributed by atoms with Gasteiger partial charge in [-0.15, -0.1) is 0 Å². The van der Waals surface area contributed by atoms with Crippen LogP contribution >= 0.6 is 0 Å². The lowest BCUT2D eigenvalue weighted by Gasteiger charge is -2.26. The van der Waals surface area contributed by atoms with Crippen LogP contribution in [0.25, 0.3) is 0 Å². The summed E-state index contributed by atoms with van der Waals surface area (Å²) in [6, 6.07) is 29.2. The molecule has 0 spiro atoms. The molecule has 0 aliphatic heterocycles. The maximum absolute atomic E-state index is 13.8. The average molecular weight is 567 g/mol. The van der Waals surface area contributed by atoms with Gasteiger partial charge in [0.2, 0.25) is 5.91 Å². The average Bonchev–Trinajstić information content (AvgIpc) is 3.00. The second-order valence-corrected chi connectivity index (χ2v) is 10.0. The molecule has 0 saturated heterocycles. The molecule has 0 fully saturated rings. The van der Waals surface area contributed by atoms with E-state index in [1.165, 1.54) is 24.3 Å². The smallest absolute Gasteiger partial charge is 0.411 e. The van der Waals surface area contributed by atoms with Crippen molar-refractivity contribution in [1.29, 1.82) is 0 Å². The fourth-order valence-electron chi connectivity index (χ4n) is 4.49. The largest absolute Gasteiger partial charge is 0.444 e. The number of anilines is 2. The molecule has 0 heterocycles. The van der Waals surface area contributed by atoms with Crippen molar-refractivity contribution in [3.05, 3.63) is 132 Å². The lowest BCUT2D eigenvalue weighted by atomic mass is 9.75. The Kier molecular flexibility index (Phi) is 9.94. The maximum Gasteiger partial charge on any atom is 0.411 e. The minimum absolute atomic E-state index is 0.116. The summed E-state index contributed by atoms with van der Waals surface area (Å²) >= 11 is 0. The van der Waals surface area contributed by atoms with Gasteiger partial charge < -0.3 is 10.1 Å². The number of benzene rings is 4. The summed E-state index contributed by atoms with van der Waals surface area (Å²) in [5.74, 6) is -5.05. The number of halogens is 1. The number of nitrogens with one attached hydrogen (secondary N) is 2. The fourth-order valence-corrected chi connectivity index (χ4v) is 4.49. The molecule has 0 aliphatic carbocycles. The summed E-state index contributed by atoms with van der Waals surface area (Å²) in [5.41, 5.74) is 2.34. The predicted octanol–water partition coefficient (Wildman–Crippen LogP) is 7.02. The van der Waals surface area contributed by atoms with E-state index in [9.17, 15) is 23.6 Å². The molecule has 0 radical (unpaired) electrons. The van der Waals surface area contributed by atoms with Crippen molar-refractivity contribution in [3.63, 3.8) is 0 Å². The van der Waals surface area contributed by atoms with Crippen molar-refractivity contribution < 1.29 is 28.3 Å². The number of hydrogen-bond donors (Lipinski definition) is 2. The Bertz CT molecular complexity index is 1520. The molecule has 0 aromatic heterocycles. The first kappa shape index (κ1) is 29.9. The summed E-state index contributed by atoms with van der Waals surface area (Å²) < 4.78 is 18.8. The van der Waals surface area contributed by atoms with E-state index in [0.29, 0.717) is 16.9 Å². The molecule has 7 nitrogen and oxygen atoms in total. The van der Waals surface area contributed by atoms with Crippen molar-refractivity contribution in [3.8, 4) is 0 Å². The molecule has 8 heteroatoms. The van der Waals surface area contributed by atoms with Gasteiger partial charge in [-0.2, -0.15) is 0 Å². The third kappa shape index (κ3) is 7.75. The molecule has 214 valence electrons. The fraction of sp³-hybridized carbons (Fsp3) is 0.176. The van der Waals surface area contributed by atoms with E-state index in [1.54, 1.807) is 68.4 Å². The molecule has 2 N–H and O–H groups in total. The van der Waals surface area contributed by atoms with Gasteiger partial charge in [0.15, 0.2) is 5.78 Å². The molecule has 2 amide bonds. The van der Waals surface area contributed by atoms with Gasteiger partial charge in [-0.3, -0.25) is 19.7 Å². The van der Waals surface area contributed by atoms with Gasteiger partial charge >= 0.3 is 6.09 Å². The first-order chi connectivity index (χ1) is 20.2. The number of rotatable bonds is 11. The van der Waals surface area contributed by atoms with E-state index in [4.69, 9.17) is 4.74 Å². The Balaban J connectivity index is 1.53. The van der Waals surface area contributed by atoms with Crippen LogP contribution in [0.4, 0.5) is 20.6 Å². The Labute approximate surface area is 243 Å². The summed E-state index contributed by atoms with van der Waals surface area (Å²) in [7, 11) is 0. The van der Waals surface area contributed by atoms with Crippen molar-refractivity contribution >= 4 is 34.9 Å². The molecule has 0 aliphatic rings. The molecule has 2 atom stereocenters. The van der Waals surface area contributed by atoms with Crippen LogP contribution in [0.3, 0.4) is 0 Å². The van der Waals surface area contributed by atoms with Gasteiger partial charge in [-0.05, 0) is 59.7 Å². The summed E-state index contributed by atoms with van der Waals surface area (Å²) in [6.45, 7) is 3.46. The number of ketones is 2. The summed E-state index contributed by atoms with van der Waals surface area (Å²) in [6.07, 6.45) is -0.636. The second kappa shape index (κ2) is 14.0. The lowest BCUT2D eigenvalue weighted by Crippen LogP contribution is -2.40. The number of ether oxygens (including phenoxy) is 1. The van der Waals surface area contributed by atoms with Crippen LogP contribution in [0.15, 0.2) is 109 Å². The summed E-state index contributed by atoms with van der Waals surface area (Å²) in [4.78, 5) is 53.2. The Morgan fingerprint density at radius 2 is 1.26 bits per heavy atom. The molecule has 42 heavy (non-hydrogen) atoms. The molecule has 2 unspecified atom stereocenters. The lowest BCUT2D eigenvalue weighted by molar-refractivity contribution is -0.133. The van der Waals surface area contributed by atoms with Crippen LogP contribution < -0.4 is 10.6 Å². The van der Waals surface area contributed by atoms with Crippen molar-refractivity contribution in [2.75, 3.05) is 10.6 Å². The highest BCUT2D eigenvalue weighted by molar-refractivity contribution is 6.14. The maximum atomic E-state index is 13.8. The summed E-state index contributed by atoms with van der Waals surface area (Å²) in [5, 5.41) is 5.38. The molecule has 0 saturated carbocycles. The van der Waals surface area contributed by atoms with Crippen molar-refractivity contribution in [2.45, 2.75) is 26.4 Å². The van der Waals surface area contributed by atoms with Crippen molar-refractivity contribution in [1.82, 2.24) is 0 Å². The number of carbonyl (C=O) groups excluding carboxylic acids is 4. The highest BCUT2D eigenvalue weighted by Crippen LogP contribution is 2.33. The molecular formula is C34H31FN2O5. The Hall–Kier alpha value is -5.11. The van der Waals surface area contributed by atoms with Crippen molar-refractivity contribution in [2.24, 2.45) is 11.8 Å². The van der Waals surface area contributed by atoms with Gasteiger partial charge in [0.25, 0.3) is 0 Å². The highest BCUT2D eigenvalue weighted by atomic mass is 19.1. The van der Waals surface area contributed by atoms with Gasteiger partial charge in [0.1, 0.15) is 24.1 Å². The first-order valence-electron chi connectivity index (χ1n) is 13.5. The SMILES string of the molecule is CC(C)C(=O)C(C(=O)Nc1ccc(NC(=O)OCc2ccccc2)cc1)C(C(=O)c1ccc(F)cc1)c1ccccc1. The number of amides is 2. The van der Waals surface area contributed by atoms with Crippen LogP contribution in [0, 0.1) is 17.7 Å². The van der Waals surface area contributed by atoms with E-state index >= 15 is 0 Å². The molecule has 4 aromatic carbocycles. The number of Topliss-reactive ketones (excluding diaryl/α,β-unsaturated/α-hetero) is 2. The zero-order valence-corrected chi connectivity index (χ0v) is 23.3. The van der Waals surface area contributed by atoms with Crippen LogP contribution in [-0.2, 0) is 20.9 Å². The monoisotopic (exact) mass is 566 g/mol. The quantitative estimate of drug-likeness (QED) is 0.150. The van der Waals surface area contributed by atoms with E-state index in [1.807, 2.05) is 30.3 Å². The Morgan fingerprint density at radius 3 is 1.83 bits per heavy atom. The first-order valence-corrected chi connectivity index (χ1v) is 13.5. The molecule has 0 bridgehead atoms. The molecule has 4 rings (SSSR count). The third-order valence-corrected chi connectivity index (χ3v) is 6.67. The predicted molar refractivity (Wildman–Crippen MR) is 159 cm³/mol. The third-order valence-electron chi connectivity index (χ3n) is 6.67. The van der Waals surface area contributed by atoms with Crippen LogP contribution in [-0.4, -0.2) is 23.6 Å². The van der Waals surface area contributed by atoms with Gasteiger partial charge in [-0.25, -0.2) is 9.18 Å². The van der Waals surface area contributed by atoms with Gasteiger partial charge in [0.05, 0.1) is 5.92 Å². The van der Waals surface area contributed by atoms with Crippen LogP contribution in [0.1, 0.15) is 41.3 Å². The van der Waals surface area contributed by atoms with E-state index < -0.39 is 47.1 Å². The molecular weight excluding hydrogens is 535 g/mol. The van der Waals surface area contributed by atoms with Gasteiger partial charge in [0, 0.05) is 22.9 Å². The van der Waals surface area contributed by atoms with E-state index in [2.05, 4.69) is 10.6 Å². The molecule has 4 aromatic rings. The zero-order chi connectivity index (χ0) is 30.1. The van der Waals surface area contributed by atoms with Gasteiger partial charge in [-0.1, -0.05) is 74.5 Å². The number of carbonyl (C=O) groups is 4. The van der Waals surface area contributed by atoms with Crippen LogP contribution in [0.2, 0.25) is 0 Å². The normalized spacial score (nSPS) is 12.2. The topological polar surface area (TPSA) is 102 Å². The standard InChI is InChI=1S/C34H31FN2O5/c1-22(2)31(38)30(29(24-11-7-4-8-12-24)32(39)25-13-15-26(35)16-14-25)33(40)36-27-17-19-28(20-18-27)37-34(41)42-21-23-9-5-3-6-10-23/h3-20,22,29-30H,21H2,1-2H3,(H,36,40)(H,37,41). The van der Waals surface area contributed by atoms with Crippen LogP contribution in [0.5, 0.6) is 0 Å². The Morgan fingerprint density at radius 1 is 0.714 bits per heavy atom. The second-order valence-electron chi connectivity index (χ2n) is 10.0. The van der Waals surface area contributed by atoms with E-state index in [-0.39, 0.29) is 12.2 Å². The minimum Gasteiger partial charge on any atom is -0.444 e. The zero-order valence-electron chi connectivity index (χ0n) is 23.3. The minimum atomic E-state index is -1.35.